The lowest BCUT2D eigenvalue weighted by molar-refractivity contribution is -0.117. The van der Waals surface area contributed by atoms with Crippen LogP contribution in [0.5, 0.6) is 5.75 Å². The summed E-state index contributed by atoms with van der Waals surface area (Å²) < 4.78 is 12.8. The van der Waals surface area contributed by atoms with E-state index in [1.54, 1.807) is 13.2 Å². The fourth-order valence-corrected chi connectivity index (χ4v) is 3.47. The quantitative estimate of drug-likeness (QED) is 0.617. The van der Waals surface area contributed by atoms with Gasteiger partial charge in [0.05, 0.1) is 13.2 Å². The average molecular weight is 379 g/mol. The SMILES string of the molecule is COc1ccc(-n2c(C)cc(/C=C(\C#N)C(=O)NCC3CCCO3)c2C)cc1. The van der Waals surface area contributed by atoms with Crippen LogP contribution in [0.1, 0.15) is 29.8 Å². The molecule has 6 heteroatoms. The Morgan fingerprint density at radius 1 is 1.39 bits per heavy atom. The Bertz CT molecular complexity index is 914. The zero-order chi connectivity index (χ0) is 20.1. The number of aromatic nitrogens is 1. The van der Waals surface area contributed by atoms with Crippen LogP contribution >= 0.6 is 0 Å². The maximum absolute atomic E-state index is 12.4. The normalized spacial score (nSPS) is 16.6. The summed E-state index contributed by atoms with van der Waals surface area (Å²) in [5, 5.41) is 12.3. The molecule has 0 aliphatic carbocycles. The van der Waals surface area contributed by atoms with E-state index in [0.717, 1.165) is 47.8 Å². The summed E-state index contributed by atoms with van der Waals surface area (Å²) >= 11 is 0. The van der Waals surface area contributed by atoms with Crippen molar-refractivity contribution in [3.63, 3.8) is 0 Å². The molecule has 0 spiro atoms. The van der Waals surface area contributed by atoms with Crippen molar-refractivity contribution in [1.82, 2.24) is 9.88 Å². The molecule has 1 amide bonds. The Balaban J connectivity index is 1.81. The molecule has 1 atom stereocenters. The maximum Gasteiger partial charge on any atom is 0.262 e. The molecule has 1 aromatic heterocycles. The van der Waals surface area contributed by atoms with Crippen molar-refractivity contribution in [3.05, 3.63) is 52.9 Å². The third-order valence-electron chi connectivity index (χ3n) is 4.98. The first kappa shape index (κ1) is 19.7. The molecule has 146 valence electrons. The lowest BCUT2D eigenvalue weighted by Crippen LogP contribution is -2.32. The van der Waals surface area contributed by atoms with Gasteiger partial charge < -0.3 is 19.4 Å². The number of amides is 1. The first-order valence-corrected chi connectivity index (χ1v) is 9.38. The van der Waals surface area contributed by atoms with E-state index in [1.807, 2.05) is 50.2 Å². The van der Waals surface area contributed by atoms with Crippen molar-refractivity contribution in [2.45, 2.75) is 32.8 Å². The largest absolute Gasteiger partial charge is 0.497 e. The molecule has 1 aliphatic heterocycles. The van der Waals surface area contributed by atoms with Crippen molar-refractivity contribution in [2.24, 2.45) is 0 Å². The predicted molar refractivity (Wildman–Crippen MR) is 107 cm³/mol. The topological polar surface area (TPSA) is 76.3 Å². The number of ether oxygens (including phenoxy) is 2. The second-order valence-electron chi connectivity index (χ2n) is 6.87. The second-order valence-corrected chi connectivity index (χ2v) is 6.87. The van der Waals surface area contributed by atoms with E-state index < -0.39 is 0 Å². The molecule has 1 saturated heterocycles. The number of carbonyl (C=O) groups excluding carboxylic acids is 1. The molecule has 2 aromatic rings. The highest BCUT2D eigenvalue weighted by molar-refractivity contribution is 6.01. The summed E-state index contributed by atoms with van der Waals surface area (Å²) in [6, 6.07) is 11.8. The van der Waals surface area contributed by atoms with Gasteiger partial charge >= 0.3 is 0 Å². The van der Waals surface area contributed by atoms with Crippen LogP contribution in [0.3, 0.4) is 0 Å². The van der Waals surface area contributed by atoms with Crippen molar-refractivity contribution >= 4 is 12.0 Å². The Labute approximate surface area is 165 Å². The van der Waals surface area contributed by atoms with Crippen LogP contribution in [0.25, 0.3) is 11.8 Å². The number of nitriles is 1. The van der Waals surface area contributed by atoms with Crippen LogP contribution in [-0.4, -0.2) is 36.8 Å². The molecular weight excluding hydrogens is 354 g/mol. The molecule has 0 saturated carbocycles. The first-order valence-electron chi connectivity index (χ1n) is 9.38. The monoisotopic (exact) mass is 379 g/mol. The summed E-state index contributed by atoms with van der Waals surface area (Å²) in [6.07, 6.45) is 3.64. The van der Waals surface area contributed by atoms with E-state index in [-0.39, 0.29) is 17.6 Å². The van der Waals surface area contributed by atoms with Gasteiger partial charge in [-0.1, -0.05) is 0 Å². The molecule has 1 aliphatic rings. The third-order valence-corrected chi connectivity index (χ3v) is 4.98. The van der Waals surface area contributed by atoms with Gasteiger partial charge in [-0.15, -0.1) is 0 Å². The van der Waals surface area contributed by atoms with E-state index in [1.165, 1.54) is 0 Å². The highest BCUT2D eigenvalue weighted by atomic mass is 16.5. The van der Waals surface area contributed by atoms with Gasteiger partial charge in [-0.2, -0.15) is 5.26 Å². The second kappa shape index (κ2) is 8.77. The Morgan fingerprint density at radius 3 is 2.75 bits per heavy atom. The molecule has 0 bridgehead atoms. The standard InChI is InChI=1S/C22H25N3O3/c1-15-11-17(16(2)25(15)19-6-8-20(27-3)9-7-19)12-18(13-23)22(26)24-14-21-5-4-10-28-21/h6-9,11-12,21H,4-5,10,14H2,1-3H3,(H,24,26)/b18-12+. The zero-order valence-corrected chi connectivity index (χ0v) is 16.5. The fraction of sp³-hybridized carbons (Fsp3) is 0.364. The van der Waals surface area contributed by atoms with Crippen LogP contribution in [0, 0.1) is 25.2 Å². The first-order chi connectivity index (χ1) is 13.5. The fourth-order valence-electron chi connectivity index (χ4n) is 3.47. The van der Waals surface area contributed by atoms with Crippen LogP contribution in [-0.2, 0) is 9.53 Å². The number of benzene rings is 1. The van der Waals surface area contributed by atoms with Crippen LogP contribution in [0.4, 0.5) is 0 Å². The Hall–Kier alpha value is -3.04. The summed E-state index contributed by atoms with van der Waals surface area (Å²) in [7, 11) is 1.64. The Morgan fingerprint density at radius 2 is 2.14 bits per heavy atom. The Kier molecular flexibility index (Phi) is 6.17. The van der Waals surface area contributed by atoms with Gasteiger partial charge in [-0.05, 0) is 68.7 Å². The number of hydrogen-bond donors (Lipinski definition) is 1. The molecule has 3 rings (SSSR count). The van der Waals surface area contributed by atoms with Gasteiger partial charge in [-0.3, -0.25) is 4.79 Å². The van der Waals surface area contributed by atoms with Crippen molar-refractivity contribution in [1.29, 1.82) is 5.26 Å². The number of carbonyl (C=O) groups is 1. The minimum absolute atomic E-state index is 0.0454. The average Bonchev–Trinajstić information content (AvgIpc) is 3.32. The van der Waals surface area contributed by atoms with E-state index in [0.29, 0.717) is 6.54 Å². The number of methoxy groups -OCH3 is 1. The van der Waals surface area contributed by atoms with Gasteiger partial charge in [0.1, 0.15) is 17.4 Å². The summed E-state index contributed by atoms with van der Waals surface area (Å²) in [4.78, 5) is 12.4. The highest BCUT2D eigenvalue weighted by Crippen LogP contribution is 2.24. The molecule has 1 N–H and O–H groups in total. The number of rotatable bonds is 6. The molecule has 1 aromatic carbocycles. The van der Waals surface area contributed by atoms with Gasteiger partial charge in [0, 0.05) is 30.2 Å². The molecule has 2 heterocycles. The van der Waals surface area contributed by atoms with Gasteiger partial charge in [-0.25, -0.2) is 0 Å². The van der Waals surface area contributed by atoms with E-state index >= 15 is 0 Å². The smallest absolute Gasteiger partial charge is 0.262 e. The molecule has 6 nitrogen and oxygen atoms in total. The van der Waals surface area contributed by atoms with Gasteiger partial charge in [0.15, 0.2) is 0 Å². The van der Waals surface area contributed by atoms with Gasteiger partial charge in [0.25, 0.3) is 5.91 Å². The third kappa shape index (κ3) is 4.26. The van der Waals surface area contributed by atoms with Crippen molar-refractivity contribution in [2.75, 3.05) is 20.3 Å². The van der Waals surface area contributed by atoms with Crippen LogP contribution < -0.4 is 10.1 Å². The number of hydrogen-bond acceptors (Lipinski definition) is 4. The molecule has 1 unspecified atom stereocenters. The number of nitrogens with one attached hydrogen (secondary N) is 1. The predicted octanol–water partition coefficient (Wildman–Crippen LogP) is 3.30. The van der Waals surface area contributed by atoms with Crippen LogP contribution in [0.2, 0.25) is 0 Å². The van der Waals surface area contributed by atoms with E-state index in [4.69, 9.17) is 9.47 Å². The zero-order valence-electron chi connectivity index (χ0n) is 16.5. The van der Waals surface area contributed by atoms with E-state index in [2.05, 4.69) is 9.88 Å². The number of nitrogens with zero attached hydrogens (tertiary/aromatic N) is 2. The highest BCUT2D eigenvalue weighted by Gasteiger charge is 2.18. The minimum Gasteiger partial charge on any atom is -0.497 e. The van der Waals surface area contributed by atoms with Crippen molar-refractivity contribution in [3.8, 4) is 17.5 Å². The lowest BCUT2D eigenvalue weighted by atomic mass is 10.1. The molecule has 28 heavy (non-hydrogen) atoms. The summed E-state index contributed by atoms with van der Waals surface area (Å²) in [5.74, 6) is 0.424. The minimum atomic E-state index is -0.368. The lowest BCUT2D eigenvalue weighted by Gasteiger charge is -2.11. The molecule has 1 fully saturated rings. The summed E-state index contributed by atoms with van der Waals surface area (Å²) in [6.45, 7) is 5.14. The van der Waals surface area contributed by atoms with E-state index in [9.17, 15) is 10.1 Å². The van der Waals surface area contributed by atoms with Crippen molar-refractivity contribution < 1.29 is 14.3 Å². The number of aryl methyl sites for hydroxylation is 1. The summed E-state index contributed by atoms with van der Waals surface area (Å²) in [5.41, 5.74) is 3.91. The molecular formula is C22H25N3O3. The maximum atomic E-state index is 12.4. The van der Waals surface area contributed by atoms with Gasteiger partial charge in [0.2, 0.25) is 0 Å². The molecule has 0 radical (unpaired) electrons. The van der Waals surface area contributed by atoms with Crippen LogP contribution in [0.15, 0.2) is 35.9 Å².